The quantitative estimate of drug-likeness (QED) is 0.819. The van der Waals surface area contributed by atoms with E-state index in [-0.39, 0.29) is 12.0 Å². The molecule has 1 fully saturated rings. The number of carbonyl (C=O) groups excluding carboxylic acids is 1. The van der Waals surface area contributed by atoms with E-state index in [1.54, 1.807) is 18.2 Å². The van der Waals surface area contributed by atoms with Crippen LogP contribution in [0.2, 0.25) is 0 Å². The van der Waals surface area contributed by atoms with Crippen LogP contribution in [-0.2, 0) is 0 Å². The lowest BCUT2D eigenvalue weighted by atomic mass is 9.92. The number of nitrogens with two attached hydrogens (primary N) is 1. The molecule has 1 aliphatic rings. The topological polar surface area (TPSA) is 66.6 Å². The van der Waals surface area contributed by atoms with Crippen molar-refractivity contribution in [2.45, 2.75) is 25.9 Å². The molecule has 0 saturated carbocycles. The molecular weight excluding hydrogens is 308 g/mol. The van der Waals surface area contributed by atoms with Crippen LogP contribution in [-0.4, -0.2) is 35.1 Å². The number of aliphatic hydroxyl groups excluding tert-OH is 1. The Labute approximate surface area is 121 Å². The number of likely N-dealkylation sites (tertiary alicyclic amines) is 1. The molecule has 1 saturated heterocycles. The molecule has 5 heteroatoms. The van der Waals surface area contributed by atoms with E-state index in [4.69, 9.17) is 5.73 Å². The molecule has 3 N–H and O–H groups in total. The Morgan fingerprint density at radius 3 is 2.63 bits per heavy atom. The Morgan fingerprint density at radius 2 is 2.11 bits per heavy atom. The summed E-state index contributed by atoms with van der Waals surface area (Å²) in [5.41, 5.74) is 6.99. The van der Waals surface area contributed by atoms with Gasteiger partial charge in [0, 0.05) is 28.8 Å². The number of carbonyl (C=O) groups is 1. The van der Waals surface area contributed by atoms with Gasteiger partial charge in [0.05, 0.1) is 6.10 Å². The first-order valence-corrected chi connectivity index (χ1v) is 7.30. The first-order chi connectivity index (χ1) is 8.99. The smallest absolute Gasteiger partial charge is 0.253 e. The van der Waals surface area contributed by atoms with Crippen LogP contribution in [0.4, 0.5) is 5.69 Å². The van der Waals surface area contributed by atoms with Gasteiger partial charge in [-0.1, -0.05) is 0 Å². The lowest BCUT2D eigenvalue weighted by molar-refractivity contribution is 0.0521. The van der Waals surface area contributed by atoms with Crippen LogP contribution in [0.3, 0.4) is 0 Å². The Hall–Kier alpha value is -1.07. The summed E-state index contributed by atoms with van der Waals surface area (Å²) in [5, 5.41) is 9.56. The molecule has 0 bridgehead atoms. The third kappa shape index (κ3) is 3.28. The lowest BCUT2D eigenvalue weighted by Gasteiger charge is -2.33. The SMILES string of the molecule is CC(O)C1CCN(C(=O)c2ccc(Br)c(N)c2)CC1. The average molecular weight is 327 g/mol. The maximum Gasteiger partial charge on any atom is 0.253 e. The molecule has 1 atom stereocenters. The molecule has 1 aromatic rings. The number of piperidine rings is 1. The molecule has 2 rings (SSSR count). The molecule has 0 spiro atoms. The van der Waals surface area contributed by atoms with Crippen molar-refractivity contribution < 1.29 is 9.90 Å². The summed E-state index contributed by atoms with van der Waals surface area (Å²) in [6.45, 7) is 3.21. The number of hydrogen-bond donors (Lipinski definition) is 2. The lowest BCUT2D eigenvalue weighted by Crippen LogP contribution is -2.40. The first kappa shape index (κ1) is 14.3. The number of nitrogens with zero attached hydrogens (tertiary/aromatic N) is 1. The van der Waals surface area contributed by atoms with Crippen LogP contribution in [0.25, 0.3) is 0 Å². The van der Waals surface area contributed by atoms with E-state index < -0.39 is 0 Å². The number of rotatable bonds is 2. The van der Waals surface area contributed by atoms with E-state index in [9.17, 15) is 9.90 Å². The second kappa shape index (κ2) is 5.92. The van der Waals surface area contributed by atoms with Gasteiger partial charge in [0.25, 0.3) is 5.91 Å². The fraction of sp³-hybridized carbons (Fsp3) is 0.500. The zero-order valence-electron chi connectivity index (χ0n) is 11.0. The highest BCUT2D eigenvalue weighted by Crippen LogP contribution is 2.24. The summed E-state index contributed by atoms with van der Waals surface area (Å²) in [7, 11) is 0. The zero-order valence-corrected chi connectivity index (χ0v) is 12.6. The molecule has 1 aromatic carbocycles. The maximum absolute atomic E-state index is 12.3. The molecule has 19 heavy (non-hydrogen) atoms. The Morgan fingerprint density at radius 1 is 1.47 bits per heavy atom. The molecule has 0 aromatic heterocycles. The van der Waals surface area contributed by atoms with Crippen LogP contribution in [0.5, 0.6) is 0 Å². The average Bonchev–Trinajstić information content (AvgIpc) is 2.41. The summed E-state index contributed by atoms with van der Waals surface area (Å²) in [6.07, 6.45) is 1.42. The van der Waals surface area contributed by atoms with Gasteiger partial charge in [-0.3, -0.25) is 4.79 Å². The van der Waals surface area contributed by atoms with E-state index in [1.165, 1.54) is 0 Å². The van der Waals surface area contributed by atoms with Crippen molar-refractivity contribution in [2.75, 3.05) is 18.8 Å². The van der Waals surface area contributed by atoms with Gasteiger partial charge in [-0.15, -0.1) is 0 Å². The summed E-state index contributed by atoms with van der Waals surface area (Å²) in [6, 6.07) is 5.28. The maximum atomic E-state index is 12.3. The van der Waals surface area contributed by atoms with Crippen LogP contribution < -0.4 is 5.73 Å². The zero-order chi connectivity index (χ0) is 14.0. The second-order valence-corrected chi connectivity index (χ2v) is 5.96. The number of benzene rings is 1. The summed E-state index contributed by atoms with van der Waals surface area (Å²) < 4.78 is 0.803. The summed E-state index contributed by atoms with van der Waals surface area (Å²) >= 11 is 3.32. The minimum atomic E-state index is -0.291. The third-order valence-corrected chi connectivity index (χ3v) is 4.47. The Bertz CT molecular complexity index is 469. The Balaban J connectivity index is 2.03. The molecule has 0 radical (unpaired) electrons. The molecule has 104 valence electrons. The van der Waals surface area contributed by atoms with Crippen molar-refractivity contribution in [3.05, 3.63) is 28.2 Å². The first-order valence-electron chi connectivity index (χ1n) is 6.51. The molecule has 1 unspecified atom stereocenters. The van der Waals surface area contributed by atoms with Crippen LogP contribution >= 0.6 is 15.9 Å². The van der Waals surface area contributed by atoms with Crippen LogP contribution in [0.1, 0.15) is 30.1 Å². The van der Waals surface area contributed by atoms with Crippen molar-refractivity contribution in [1.29, 1.82) is 0 Å². The normalized spacial score (nSPS) is 18.4. The minimum absolute atomic E-state index is 0.0169. The third-order valence-electron chi connectivity index (χ3n) is 3.75. The van der Waals surface area contributed by atoms with Gasteiger partial charge in [0.15, 0.2) is 0 Å². The molecule has 1 heterocycles. The van der Waals surface area contributed by atoms with Crippen molar-refractivity contribution in [2.24, 2.45) is 5.92 Å². The van der Waals surface area contributed by atoms with Gasteiger partial charge in [0.2, 0.25) is 0 Å². The van der Waals surface area contributed by atoms with Gasteiger partial charge < -0.3 is 15.7 Å². The van der Waals surface area contributed by atoms with Gasteiger partial charge >= 0.3 is 0 Å². The van der Waals surface area contributed by atoms with Crippen molar-refractivity contribution >= 4 is 27.5 Å². The van der Waals surface area contributed by atoms with Crippen molar-refractivity contribution in [3.8, 4) is 0 Å². The number of nitrogen functional groups attached to an aromatic ring is 1. The number of anilines is 1. The molecule has 1 aliphatic heterocycles. The van der Waals surface area contributed by atoms with E-state index in [0.717, 1.165) is 17.3 Å². The predicted molar refractivity (Wildman–Crippen MR) is 78.9 cm³/mol. The fourth-order valence-corrected chi connectivity index (χ4v) is 2.69. The van der Waals surface area contributed by atoms with Crippen LogP contribution in [0.15, 0.2) is 22.7 Å². The van der Waals surface area contributed by atoms with Gasteiger partial charge in [0.1, 0.15) is 0 Å². The Kier molecular flexibility index (Phi) is 4.47. The number of halogens is 1. The van der Waals surface area contributed by atoms with Gasteiger partial charge in [-0.2, -0.15) is 0 Å². The number of amides is 1. The summed E-state index contributed by atoms with van der Waals surface area (Å²) in [4.78, 5) is 14.2. The highest BCUT2D eigenvalue weighted by molar-refractivity contribution is 9.10. The van der Waals surface area contributed by atoms with Gasteiger partial charge in [-0.25, -0.2) is 0 Å². The number of hydrogen-bond acceptors (Lipinski definition) is 3. The standard InChI is InChI=1S/C14H19BrN2O2/c1-9(18)10-4-6-17(7-5-10)14(19)11-2-3-12(15)13(16)8-11/h2-3,8-10,18H,4-7,16H2,1H3. The van der Waals surface area contributed by atoms with Gasteiger partial charge in [-0.05, 0) is 59.8 Å². The van der Waals surface area contributed by atoms with E-state index in [2.05, 4.69) is 15.9 Å². The van der Waals surface area contributed by atoms with Crippen molar-refractivity contribution in [1.82, 2.24) is 4.90 Å². The van der Waals surface area contributed by atoms with E-state index >= 15 is 0 Å². The molecule has 4 nitrogen and oxygen atoms in total. The monoisotopic (exact) mass is 326 g/mol. The fourth-order valence-electron chi connectivity index (χ4n) is 2.44. The largest absolute Gasteiger partial charge is 0.398 e. The highest BCUT2D eigenvalue weighted by atomic mass is 79.9. The van der Waals surface area contributed by atoms with Crippen molar-refractivity contribution in [3.63, 3.8) is 0 Å². The minimum Gasteiger partial charge on any atom is -0.398 e. The second-order valence-electron chi connectivity index (χ2n) is 5.11. The molecular formula is C14H19BrN2O2. The molecule has 0 aliphatic carbocycles. The number of aliphatic hydroxyl groups is 1. The summed E-state index contributed by atoms with van der Waals surface area (Å²) in [5.74, 6) is 0.322. The predicted octanol–water partition coefficient (Wildman–Crippen LogP) is 2.26. The van der Waals surface area contributed by atoms with Crippen LogP contribution in [0, 0.1) is 5.92 Å². The molecule has 1 amide bonds. The van der Waals surface area contributed by atoms with E-state index in [1.807, 2.05) is 11.8 Å². The van der Waals surface area contributed by atoms with E-state index in [0.29, 0.717) is 30.3 Å². The highest BCUT2D eigenvalue weighted by Gasteiger charge is 2.26.